The smallest absolute Gasteiger partial charge is 0.466 e. The fourth-order valence-electron chi connectivity index (χ4n) is 3.89. The first-order valence-corrected chi connectivity index (χ1v) is 13.0. The lowest BCUT2D eigenvalue weighted by molar-refractivity contribution is -0.144. The number of allylic oxidation sites excluding steroid dienone is 2. The standard InChI is InChI=1S/C23H31NO7.H3O4P/c1-15(5-7-19(25)30-13-10-24-8-11-29-12-9-24)4-6-17-21(26)20-18(14-31-23(20)27)16(2)22(17)28-3;1-5(2,3)4/h4,26H,5-14H2,1-3H3;(H3,1,2,3,4)/b15-4+;. The molecule has 2 aliphatic heterocycles. The van der Waals surface area contributed by atoms with E-state index in [9.17, 15) is 14.7 Å². The lowest BCUT2D eigenvalue weighted by Crippen LogP contribution is -2.38. The summed E-state index contributed by atoms with van der Waals surface area (Å²) >= 11 is 0. The monoisotopic (exact) mass is 531 g/mol. The molecule has 202 valence electrons. The van der Waals surface area contributed by atoms with Crippen molar-refractivity contribution < 1.29 is 52.9 Å². The number of benzene rings is 1. The highest BCUT2D eigenvalue weighted by atomic mass is 31.2. The number of nitrogens with zero attached hydrogens (tertiary/aromatic N) is 1. The summed E-state index contributed by atoms with van der Waals surface area (Å²) < 4.78 is 30.1. The molecule has 0 bridgehead atoms. The fourth-order valence-corrected chi connectivity index (χ4v) is 3.89. The van der Waals surface area contributed by atoms with E-state index in [0.29, 0.717) is 42.7 Å². The number of cyclic esters (lactones) is 1. The third kappa shape index (κ3) is 9.20. The molecule has 0 unspecified atom stereocenters. The summed E-state index contributed by atoms with van der Waals surface area (Å²) in [4.78, 5) is 47.8. The third-order valence-electron chi connectivity index (χ3n) is 5.80. The number of fused-ring (bicyclic) bond motifs is 1. The quantitative estimate of drug-likeness (QED) is 0.206. The molecule has 0 radical (unpaired) electrons. The van der Waals surface area contributed by atoms with Gasteiger partial charge in [0.05, 0.1) is 20.3 Å². The van der Waals surface area contributed by atoms with Crippen molar-refractivity contribution in [1.29, 1.82) is 0 Å². The maximum Gasteiger partial charge on any atom is 0.466 e. The van der Waals surface area contributed by atoms with Crippen LogP contribution in [-0.4, -0.2) is 83.2 Å². The van der Waals surface area contributed by atoms with E-state index < -0.39 is 13.8 Å². The molecule has 36 heavy (non-hydrogen) atoms. The van der Waals surface area contributed by atoms with Gasteiger partial charge in [0.25, 0.3) is 0 Å². The summed E-state index contributed by atoms with van der Waals surface area (Å²) in [6, 6.07) is 0. The van der Waals surface area contributed by atoms with Gasteiger partial charge in [-0.05, 0) is 32.3 Å². The highest BCUT2D eigenvalue weighted by molar-refractivity contribution is 7.45. The second-order valence-corrected chi connectivity index (χ2v) is 9.38. The molecule has 1 saturated heterocycles. The van der Waals surface area contributed by atoms with Gasteiger partial charge in [0.1, 0.15) is 30.3 Å². The lowest BCUT2D eigenvalue weighted by atomic mass is 9.94. The first-order chi connectivity index (χ1) is 16.9. The topological polar surface area (TPSA) is 172 Å². The van der Waals surface area contributed by atoms with E-state index in [1.165, 1.54) is 0 Å². The lowest BCUT2D eigenvalue weighted by Gasteiger charge is -2.26. The molecule has 0 atom stereocenters. The summed E-state index contributed by atoms with van der Waals surface area (Å²) in [5.74, 6) is -0.273. The number of methoxy groups -OCH3 is 1. The molecule has 13 heteroatoms. The van der Waals surface area contributed by atoms with Crippen LogP contribution >= 0.6 is 7.82 Å². The minimum atomic E-state index is -4.64. The van der Waals surface area contributed by atoms with Crippen molar-refractivity contribution in [3.63, 3.8) is 0 Å². The molecule has 1 aromatic rings. The van der Waals surface area contributed by atoms with E-state index >= 15 is 0 Å². The van der Waals surface area contributed by atoms with Crippen LogP contribution in [0.1, 0.15) is 46.8 Å². The first kappa shape index (κ1) is 29.8. The normalized spacial score (nSPS) is 16.1. The van der Waals surface area contributed by atoms with Crippen LogP contribution in [0.15, 0.2) is 11.6 Å². The van der Waals surface area contributed by atoms with Gasteiger partial charge >= 0.3 is 19.8 Å². The average molecular weight is 531 g/mol. The van der Waals surface area contributed by atoms with Crippen molar-refractivity contribution in [3.8, 4) is 11.5 Å². The predicted octanol–water partition coefficient (Wildman–Crippen LogP) is 1.60. The number of carbonyl (C=O) groups excluding carboxylic acids is 2. The summed E-state index contributed by atoms with van der Waals surface area (Å²) in [6.45, 7) is 8.23. The van der Waals surface area contributed by atoms with Gasteiger partial charge in [-0.1, -0.05) is 11.6 Å². The SMILES string of the molecule is COc1c(C)c2c(c(O)c1C/C=C(\C)CCC(=O)OCCN1CCOCC1)C(=O)OC2.O=P(O)(O)O. The molecule has 0 aromatic heterocycles. The summed E-state index contributed by atoms with van der Waals surface area (Å²) in [6.07, 6.45) is 3.18. The number of hydrogen-bond acceptors (Lipinski definition) is 9. The first-order valence-electron chi connectivity index (χ1n) is 11.4. The van der Waals surface area contributed by atoms with E-state index in [1.807, 2.05) is 19.9 Å². The van der Waals surface area contributed by atoms with Crippen molar-refractivity contribution in [2.45, 2.75) is 39.7 Å². The van der Waals surface area contributed by atoms with E-state index in [4.69, 9.17) is 38.2 Å². The minimum Gasteiger partial charge on any atom is -0.507 e. The van der Waals surface area contributed by atoms with Gasteiger partial charge in [0.2, 0.25) is 0 Å². The number of carbonyl (C=O) groups is 2. The third-order valence-corrected chi connectivity index (χ3v) is 5.80. The Labute approximate surface area is 209 Å². The van der Waals surface area contributed by atoms with Crippen LogP contribution in [-0.2, 0) is 36.6 Å². The molecule has 0 aliphatic carbocycles. The van der Waals surface area contributed by atoms with E-state index in [-0.39, 0.29) is 23.9 Å². The van der Waals surface area contributed by atoms with Gasteiger partial charge in [-0.2, -0.15) is 0 Å². The molecule has 2 aliphatic rings. The number of esters is 2. The van der Waals surface area contributed by atoms with Gasteiger partial charge in [-0.25, -0.2) is 9.36 Å². The van der Waals surface area contributed by atoms with E-state index in [1.54, 1.807) is 7.11 Å². The zero-order chi connectivity index (χ0) is 26.9. The van der Waals surface area contributed by atoms with Crippen molar-refractivity contribution >= 4 is 19.8 Å². The van der Waals surface area contributed by atoms with E-state index in [0.717, 1.165) is 44.0 Å². The zero-order valence-corrected chi connectivity index (χ0v) is 21.6. The van der Waals surface area contributed by atoms with Crippen LogP contribution in [0.25, 0.3) is 0 Å². The molecule has 1 aromatic carbocycles. The zero-order valence-electron chi connectivity index (χ0n) is 20.7. The van der Waals surface area contributed by atoms with Crippen LogP contribution in [0.3, 0.4) is 0 Å². The number of phenols is 1. The van der Waals surface area contributed by atoms with Crippen LogP contribution in [0.2, 0.25) is 0 Å². The van der Waals surface area contributed by atoms with Gasteiger partial charge in [0.15, 0.2) is 0 Å². The van der Waals surface area contributed by atoms with Crippen molar-refractivity contribution in [2.24, 2.45) is 0 Å². The fraction of sp³-hybridized carbons (Fsp3) is 0.565. The summed E-state index contributed by atoms with van der Waals surface area (Å²) in [5, 5.41) is 10.7. The Balaban J connectivity index is 0.000000830. The molecule has 3 rings (SSSR count). The number of ether oxygens (including phenoxy) is 4. The molecular weight excluding hydrogens is 497 g/mol. The second kappa shape index (κ2) is 13.7. The number of phenolic OH excluding ortho intramolecular Hbond substituents is 1. The van der Waals surface area contributed by atoms with Crippen LogP contribution in [0, 0.1) is 6.92 Å². The van der Waals surface area contributed by atoms with Crippen LogP contribution < -0.4 is 4.74 Å². The Morgan fingerprint density at radius 2 is 1.83 bits per heavy atom. The van der Waals surface area contributed by atoms with Crippen molar-refractivity contribution in [2.75, 3.05) is 46.6 Å². The molecule has 1 fully saturated rings. The number of phosphoric acid groups is 1. The summed E-state index contributed by atoms with van der Waals surface area (Å²) in [5.41, 5.74) is 3.23. The highest BCUT2D eigenvalue weighted by Gasteiger charge is 2.31. The maximum atomic E-state index is 12.0. The Kier molecular flexibility index (Phi) is 11.4. The number of rotatable bonds is 9. The predicted molar refractivity (Wildman–Crippen MR) is 128 cm³/mol. The second-order valence-electron chi connectivity index (χ2n) is 8.36. The van der Waals surface area contributed by atoms with Crippen molar-refractivity contribution in [1.82, 2.24) is 4.90 Å². The number of aromatic hydroxyl groups is 1. The number of morpholine rings is 1. The Morgan fingerprint density at radius 3 is 2.44 bits per heavy atom. The van der Waals surface area contributed by atoms with Gasteiger partial charge in [0, 0.05) is 37.2 Å². The maximum absolute atomic E-state index is 12.0. The Morgan fingerprint density at radius 1 is 1.19 bits per heavy atom. The minimum absolute atomic E-state index is 0.0912. The van der Waals surface area contributed by atoms with Gasteiger partial charge < -0.3 is 38.7 Å². The molecule has 4 N–H and O–H groups in total. The molecule has 12 nitrogen and oxygen atoms in total. The number of hydrogen-bond donors (Lipinski definition) is 4. The highest BCUT2D eigenvalue weighted by Crippen LogP contribution is 2.42. The molecule has 0 saturated carbocycles. The summed E-state index contributed by atoms with van der Waals surface area (Å²) in [7, 11) is -3.10. The van der Waals surface area contributed by atoms with Crippen LogP contribution in [0.5, 0.6) is 11.5 Å². The van der Waals surface area contributed by atoms with Crippen molar-refractivity contribution in [3.05, 3.63) is 33.9 Å². The van der Waals surface area contributed by atoms with E-state index in [2.05, 4.69) is 4.90 Å². The molecule has 2 heterocycles. The Bertz CT molecular complexity index is 1000. The molecule has 0 amide bonds. The van der Waals surface area contributed by atoms with Crippen LogP contribution in [0.4, 0.5) is 0 Å². The Hall–Kier alpha value is -2.47. The van der Waals surface area contributed by atoms with Gasteiger partial charge in [-0.15, -0.1) is 0 Å². The molecular formula is C23H34NO11P. The average Bonchev–Trinajstić information content (AvgIpc) is 3.20. The largest absolute Gasteiger partial charge is 0.507 e. The van der Waals surface area contributed by atoms with Gasteiger partial charge in [-0.3, -0.25) is 9.69 Å². The molecule has 0 spiro atoms.